The Morgan fingerprint density at radius 1 is 1.29 bits per heavy atom. The number of fused-ring (bicyclic) bond motifs is 3. The van der Waals surface area contributed by atoms with Crippen LogP contribution in [0, 0.1) is 22.7 Å². The van der Waals surface area contributed by atoms with Gasteiger partial charge < -0.3 is 4.74 Å². The molecule has 0 aromatic carbocycles. The molecule has 0 bridgehead atoms. The summed E-state index contributed by atoms with van der Waals surface area (Å²) in [4.78, 5) is 11.5. The lowest BCUT2D eigenvalue weighted by molar-refractivity contribution is -0.135. The van der Waals surface area contributed by atoms with Crippen LogP contribution in [0.15, 0.2) is 11.8 Å². The first-order valence-corrected chi connectivity index (χ1v) is 6.84. The highest BCUT2D eigenvalue weighted by Crippen LogP contribution is 2.61. The molecule has 3 atom stereocenters. The molecule has 94 valence electrons. The third-order valence-corrected chi connectivity index (χ3v) is 5.57. The molecule has 0 aromatic rings. The minimum absolute atomic E-state index is 0.0218. The quantitative estimate of drug-likeness (QED) is 0.598. The van der Waals surface area contributed by atoms with E-state index in [4.69, 9.17) is 4.74 Å². The summed E-state index contributed by atoms with van der Waals surface area (Å²) in [5, 5.41) is 0. The van der Waals surface area contributed by atoms with Crippen molar-refractivity contribution in [3.8, 4) is 0 Å². The Hall–Kier alpha value is -0.790. The van der Waals surface area contributed by atoms with Crippen LogP contribution in [0.1, 0.15) is 52.9 Å². The second-order valence-corrected chi connectivity index (χ2v) is 6.97. The van der Waals surface area contributed by atoms with Crippen molar-refractivity contribution >= 4 is 5.97 Å². The van der Waals surface area contributed by atoms with Gasteiger partial charge in [-0.05, 0) is 42.1 Å². The Bertz CT molecular complexity index is 394. The predicted molar refractivity (Wildman–Crippen MR) is 66.1 cm³/mol. The number of esters is 1. The average Bonchev–Trinajstić information content (AvgIpc) is 2.58. The van der Waals surface area contributed by atoms with Crippen LogP contribution in [0.25, 0.3) is 0 Å². The lowest BCUT2D eigenvalue weighted by atomic mass is 9.49. The smallest absolute Gasteiger partial charge is 0.311 e. The van der Waals surface area contributed by atoms with E-state index in [1.165, 1.54) is 19.3 Å². The van der Waals surface area contributed by atoms with Gasteiger partial charge in [-0.2, -0.15) is 0 Å². The molecule has 1 saturated heterocycles. The van der Waals surface area contributed by atoms with E-state index in [1.807, 2.05) is 0 Å². The fraction of sp³-hybridized carbons (Fsp3) is 0.800. The number of ether oxygens (including phenoxy) is 1. The molecule has 3 rings (SSSR count). The van der Waals surface area contributed by atoms with E-state index in [9.17, 15) is 4.79 Å². The van der Waals surface area contributed by atoms with E-state index in [1.54, 1.807) is 0 Å². The molecule has 0 spiro atoms. The minimum atomic E-state index is -0.0218. The lowest BCUT2D eigenvalue weighted by Gasteiger charge is -2.55. The van der Waals surface area contributed by atoms with Crippen molar-refractivity contribution < 1.29 is 9.53 Å². The number of carbonyl (C=O) groups excluding carboxylic acids is 1. The van der Waals surface area contributed by atoms with Crippen LogP contribution in [0.2, 0.25) is 0 Å². The SMILES string of the molecule is CC1(C)CCCC2(C)C3CC(=O)OC3=CCC12. The normalized spacial score (nSPS) is 43.5. The zero-order valence-electron chi connectivity index (χ0n) is 11.1. The average molecular weight is 234 g/mol. The molecule has 0 radical (unpaired) electrons. The summed E-state index contributed by atoms with van der Waals surface area (Å²) >= 11 is 0. The van der Waals surface area contributed by atoms with Crippen molar-refractivity contribution in [2.24, 2.45) is 22.7 Å². The predicted octanol–water partition coefficient (Wildman–Crippen LogP) is 3.67. The molecular formula is C15H22O2. The molecule has 0 amide bonds. The van der Waals surface area contributed by atoms with Gasteiger partial charge in [-0.1, -0.05) is 27.2 Å². The van der Waals surface area contributed by atoms with Gasteiger partial charge in [0.25, 0.3) is 0 Å². The first kappa shape index (κ1) is 11.3. The highest BCUT2D eigenvalue weighted by Gasteiger charge is 2.55. The summed E-state index contributed by atoms with van der Waals surface area (Å²) in [6, 6.07) is 0. The largest absolute Gasteiger partial charge is 0.431 e. The van der Waals surface area contributed by atoms with Crippen LogP contribution in [-0.2, 0) is 9.53 Å². The Labute approximate surface area is 103 Å². The van der Waals surface area contributed by atoms with Crippen molar-refractivity contribution in [1.29, 1.82) is 0 Å². The topological polar surface area (TPSA) is 26.3 Å². The molecule has 3 unspecified atom stereocenters. The zero-order chi connectivity index (χ0) is 12.3. The molecule has 2 nitrogen and oxygen atoms in total. The molecule has 2 fully saturated rings. The maximum atomic E-state index is 11.5. The Balaban J connectivity index is 2.01. The van der Waals surface area contributed by atoms with Crippen molar-refractivity contribution in [2.75, 3.05) is 0 Å². The molecule has 1 heterocycles. The van der Waals surface area contributed by atoms with E-state index in [-0.39, 0.29) is 11.4 Å². The summed E-state index contributed by atoms with van der Waals surface area (Å²) in [6.45, 7) is 7.18. The number of hydrogen-bond donors (Lipinski definition) is 0. The fourth-order valence-corrected chi connectivity index (χ4v) is 4.66. The van der Waals surface area contributed by atoms with Gasteiger partial charge in [0.15, 0.2) is 0 Å². The second-order valence-electron chi connectivity index (χ2n) is 6.97. The number of rotatable bonds is 0. The first-order valence-electron chi connectivity index (χ1n) is 6.84. The second kappa shape index (κ2) is 3.37. The van der Waals surface area contributed by atoms with E-state index in [0.717, 1.165) is 12.2 Å². The molecule has 0 aromatic heterocycles. The van der Waals surface area contributed by atoms with Crippen LogP contribution in [0.3, 0.4) is 0 Å². The maximum absolute atomic E-state index is 11.5. The summed E-state index contributed by atoms with van der Waals surface area (Å²) in [6.07, 6.45) is 7.74. The summed E-state index contributed by atoms with van der Waals surface area (Å²) < 4.78 is 5.37. The van der Waals surface area contributed by atoms with Crippen molar-refractivity contribution in [3.05, 3.63) is 11.8 Å². The van der Waals surface area contributed by atoms with Gasteiger partial charge in [0.1, 0.15) is 5.76 Å². The molecule has 1 saturated carbocycles. The van der Waals surface area contributed by atoms with Gasteiger partial charge in [-0.25, -0.2) is 0 Å². The van der Waals surface area contributed by atoms with Crippen LogP contribution < -0.4 is 0 Å². The molecule has 0 N–H and O–H groups in total. The summed E-state index contributed by atoms with van der Waals surface area (Å²) in [5.41, 5.74) is 0.679. The highest BCUT2D eigenvalue weighted by atomic mass is 16.5. The Morgan fingerprint density at radius 3 is 2.82 bits per heavy atom. The number of hydrogen-bond acceptors (Lipinski definition) is 2. The van der Waals surface area contributed by atoms with E-state index in [2.05, 4.69) is 26.8 Å². The molecule has 1 aliphatic heterocycles. The summed E-state index contributed by atoms with van der Waals surface area (Å²) in [5.74, 6) is 2.01. The third-order valence-electron chi connectivity index (χ3n) is 5.57. The van der Waals surface area contributed by atoms with Gasteiger partial charge in [0.2, 0.25) is 0 Å². The first-order chi connectivity index (χ1) is 7.93. The molecule has 2 heteroatoms. The maximum Gasteiger partial charge on any atom is 0.311 e. The van der Waals surface area contributed by atoms with Crippen LogP contribution >= 0.6 is 0 Å². The summed E-state index contributed by atoms with van der Waals surface area (Å²) in [7, 11) is 0. The fourth-order valence-electron chi connectivity index (χ4n) is 4.66. The highest BCUT2D eigenvalue weighted by molar-refractivity contribution is 5.74. The van der Waals surface area contributed by atoms with Crippen LogP contribution in [-0.4, -0.2) is 5.97 Å². The van der Waals surface area contributed by atoms with Crippen LogP contribution in [0.4, 0.5) is 0 Å². The Morgan fingerprint density at radius 2 is 2.06 bits per heavy atom. The Kier molecular flexibility index (Phi) is 2.24. The van der Waals surface area contributed by atoms with E-state index >= 15 is 0 Å². The van der Waals surface area contributed by atoms with Crippen LogP contribution in [0.5, 0.6) is 0 Å². The molecular weight excluding hydrogens is 212 g/mol. The zero-order valence-corrected chi connectivity index (χ0v) is 11.1. The van der Waals surface area contributed by atoms with Gasteiger partial charge in [0, 0.05) is 5.92 Å². The van der Waals surface area contributed by atoms with E-state index < -0.39 is 0 Å². The minimum Gasteiger partial charge on any atom is -0.431 e. The third kappa shape index (κ3) is 1.49. The van der Waals surface area contributed by atoms with Crippen molar-refractivity contribution in [1.82, 2.24) is 0 Å². The molecule has 2 aliphatic carbocycles. The number of carbonyl (C=O) groups is 1. The van der Waals surface area contributed by atoms with Gasteiger partial charge in [-0.3, -0.25) is 4.79 Å². The standard InChI is InChI=1S/C15H22O2/c1-14(2)7-4-8-15(3)10-9-13(16)17-11(10)5-6-12(14)15/h5,10,12H,4,6-9H2,1-3H3. The van der Waals surface area contributed by atoms with Gasteiger partial charge >= 0.3 is 5.97 Å². The van der Waals surface area contributed by atoms with Gasteiger partial charge in [-0.15, -0.1) is 0 Å². The van der Waals surface area contributed by atoms with Crippen molar-refractivity contribution in [3.63, 3.8) is 0 Å². The van der Waals surface area contributed by atoms with Crippen molar-refractivity contribution in [2.45, 2.75) is 52.9 Å². The van der Waals surface area contributed by atoms with Gasteiger partial charge in [0.05, 0.1) is 6.42 Å². The monoisotopic (exact) mass is 234 g/mol. The van der Waals surface area contributed by atoms with E-state index in [0.29, 0.717) is 23.7 Å². The molecule has 3 aliphatic rings. The lowest BCUT2D eigenvalue weighted by Crippen LogP contribution is -2.47. The molecule has 17 heavy (non-hydrogen) atoms. The number of allylic oxidation sites excluding steroid dienone is 2.